The monoisotopic (exact) mass is 848 g/mol. The maximum atomic E-state index is 12.4. The van der Waals surface area contributed by atoms with E-state index in [9.17, 15) is 19.8 Å². The molecule has 0 aliphatic carbocycles. The first-order valence-corrected chi connectivity index (χ1v) is 26.9. The van der Waals surface area contributed by atoms with Crippen LogP contribution < -0.4 is 5.32 Å². The summed E-state index contributed by atoms with van der Waals surface area (Å²) in [6, 6.07) is -0.547. The van der Waals surface area contributed by atoms with E-state index in [0.717, 1.165) is 51.4 Å². The molecule has 0 saturated carbocycles. The molecule has 6 nitrogen and oxygen atoms in total. The van der Waals surface area contributed by atoms with Crippen molar-refractivity contribution in [3.05, 3.63) is 12.2 Å². The number of carbonyl (C=O) groups excluding carboxylic acids is 2. The molecule has 3 N–H and O–H groups in total. The fraction of sp³-hybridized carbons (Fsp3) is 0.926. The van der Waals surface area contributed by atoms with Crippen LogP contribution in [-0.2, 0) is 14.3 Å². The quantitative estimate of drug-likeness (QED) is 0.0322. The molecule has 0 heterocycles. The van der Waals surface area contributed by atoms with Crippen molar-refractivity contribution < 1.29 is 24.5 Å². The zero-order valence-electron chi connectivity index (χ0n) is 40.5. The molecular formula is C54H105NO5. The van der Waals surface area contributed by atoms with Crippen molar-refractivity contribution in [3.8, 4) is 0 Å². The molecule has 0 aromatic heterocycles. The Hall–Kier alpha value is -1.40. The Morgan fingerprint density at radius 2 is 0.783 bits per heavy atom. The average molecular weight is 848 g/mol. The van der Waals surface area contributed by atoms with Crippen LogP contribution in [0, 0.1) is 0 Å². The smallest absolute Gasteiger partial charge is 0.305 e. The lowest BCUT2D eigenvalue weighted by atomic mass is 10.0. The number of aliphatic hydroxyl groups excluding tert-OH is 2. The number of aliphatic hydroxyl groups is 2. The summed E-state index contributed by atoms with van der Waals surface area (Å²) >= 11 is 0. The van der Waals surface area contributed by atoms with E-state index >= 15 is 0 Å². The van der Waals surface area contributed by atoms with Crippen LogP contribution in [0.3, 0.4) is 0 Å². The molecule has 0 aliphatic heterocycles. The van der Waals surface area contributed by atoms with Crippen molar-refractivity contribution in [3.63, 3.8) is 0 Å². The molecule has 356 valence electrons. The van der Waals surface area contributed by atoms with Gasteiger partial charge in [-0.2, -0.15) is 0 Å². The number of carbonyl (C=O) groups is 2. The Balaban J connectivity index is 3.43. The highest BCUT2D eigenvalue weighted by molar-refractivity contribution is 5.76. The minimum absolute atomic E-state index is 0.00751. The van der Waals surface area contributed by atoms with Crippen LogP contribution in [-0.4, -0.2) is 47.4 Å². The largest absolute Gasteiger partial charge is 0.466 e. The van der Waals surface area contributed by atoms with Gasteiger partial charge in [-0.3, -0.25) is 9.59 Å². The molecule has 0 rings (SSSR count). The molecule has 60 heavy (non-hydrogen) atoms. The first-order valence-electron chi connectivity index (χ1n) is 26.9. The maximum absolute atomic E-state index is 12.4. The van der Waals surface area contributed by atoms with E-state index in [4.69, 9.17) is 4.74 Å². The Kier molecular flexibility index (Phi) is 49.1. The van der Waals surface area contributed by atoms with Crippen molar-refractivity contribution >= 4 is 11.9 Å². The van der Waals surface area contributed by atoms with Crippen LogP contribution in [0.5, 0.6) is 0 Å². The van der Waals surface area contributed by atoms with Gasteiger partial charge in [-0.15, -0.1) is 0 Å². The molecule has 0 aliphatic rings. The number of hydrogen-bond donors (Lipinski definition) is 3. The predicted molar refractivity (Wildman–Crippen MR) is 260 cm³/mol. The fourth-order valence-electron chi connectivity index (χ4n) is 8.40. The van der Waals surface area contributed by atoms with Crippen LogP contribution in [0.1, 0.15) is 296 Å². The number of nitrogens with one attached hydrogen (secondary N) is 1. The number of rotatable bonds is 50. The second-order valence-corrected chi connectivity index (χ2v) is 18.6. The summed E-state index contributed by atoms with van der Waals surface area (Å²) in [5.74, 6) is -0.0501. The Bertz CT molecular complexity index is 893. The minimum atomic E-state index is -0.669. The van der Waals surface area contributed by atoms with Gasteiger partial charge in [0.25, 0.3) is 0 Å². The van der Waals surface area contributed by atoms with Crippen LogP contribution in [0.2, 0.25) is 0 Å². The molecule has 0 aromatic carbocycles. The van der Waals surface area contributed by atoms with Crippen molar-refractivity contribution in [2.45, 2.75) is 309 Å². The first-order chi connectivity index (χ1) is 29.5. The number of ether oxygens (including phenoxy) is 1. The predicted octanol–water partition coefficient (Wildman–Crippen LogP) is 16.1. The zero-order chi connectivity index (χ0) is 43.7. The number of amides is 1. The number of unbranched alkanes of at least 4 members (excludes halogenated alkanes) is 37. The van der Waals surface area contributed by atoms with Crippen LogP contribution in [0.15, 0.2) is 12.2 Å². The maximum Gasteiger partial charge on any atom is 0.305 e. The van der Waals surface area contributed by atoms with Gasteiger partial charge in [-0.05, 0) is 51.4 Å². The lowest BCUT2D eigenvalue weighted by Crippen LogP contribution is -2.45. The SMILES string of the molecule is CCCCCCC/C=C\CCCCCCCC(=O)OCCCCCCCCCCCCCCCCCC(=O)NC(CO)C(O)CCCCCCCCCCCCCCCC. The Morgan fingerprint density at radius 1 is 0.450 bits per heavy atom. The van der Waals surface area contributed by atoms with Gasteiger partial charge in [0, 0.05) is 12.8 Å². The van der Waals surface area contributed by atoms with Gasteiger partial charge < -0.3 is 20.3 Å². The molecule has 0 aromatic rings. The molecule has 0 fully saturated rings. The third kappa shape index (κ3) is 46.1. The highest BCUT2D eigenvalue weighted by Gasteiger charge is 2.20. The number of allylic oxidation sites excluding steroid dienone is 2. The summed E-state index contributed by atoms with van der Waals surface area (Å²) in [6.45, 7) is 4.93. The van der Waals surface area contributed by atoms with Gasteiger partial charge in [0.05, 0.1) is 25.4 Å². The summed E-state index contributed by atoms with van der Waals surface area (Å²) in [5, 5.41) is 23.2. The highest BCUT2D eigenvalue weighted by atomic mass is 16.5. The van der Waals surface area contributed by atoms with E-state index in [2.05, 4.69) is 31.3 Å². The van der Waals surface area contributed by atoms with Crippen molar-refractivity contribution in [1.82, 2.24) is 5.32 Å². The third-order valence-corrected chi connectivity index (χ3v) is 12.6. The van der Waals surface area contributed by atoms with Gasteiger partial charge in [0.1, 0.15) is 0 Å². The minimum Gasteiger partial charge on any atom is -0.466 e. The van der Waals surface area contributed by atoms with E-state index in [1.807, 2.05) is 0 Å². The number of hydrogen-bond acceptors (Lipinski definition) is 5. The summed E-state index contributed by atoms with van der Waals surface area (Å²) in [7, 11) is 0. The molecule has 0 spiro atoms. The molecule has 2 atom stereocenters. The van der Waals surface area contributed by atoms with Gasteiger partial charge in [0.15, 0.2) is 0 Å². The van der Waals surface area contributed by atoms with Crippen LogP contribution in [0.4, 0.5) is 0 Å². The van der Waals surface area contributed by atoms with Crippen molar-refractivity contribution in [2.24, 2.45) is 0 Å². The Labute approximate surface area is 374 Å². The molecule has 1 amide bonds. The van der Waals surface area contributed by atoms with E-state index in [-0.39, 0.29) is 18.5 Å². The van der Waals surface area contributed by atoms with Crippen LogP contribution in [0.25, 0.3) is 0 Å². The first kappa shape index (κ1) is 58.6. The third-order valence-electron chi connectivity index (χ3n) is 12.6. The Morgan fingerprint density at radius 3 is 1.18 bits per heavy atom. The lowest BCUT2D eigenvalue weighted by Gasteiger charge is -2.22. The molecule has 0 bridgehead atoms. The molecule has 0 radical (unpaired) electrons. The highest BCUT2D eigenvalue weighted by Crippen LogP contribution is 2.17. The van der Waals surface area contributed by atoms with E-state index in [1.165, 1.54) is 212 Å². The van der Waals surface area contributed by atoms with Gasteiger partial charge in [-0.25, -0.2) is 0 Å². The lowest BCUT2D eigenvalue weighted by molar-refractivity contribution is -0.143. The van der Waals surface area contributed by atoms with Crippen molar-refractivity contribution in [2.75, 3.05) is 13.2 Å². The van der Waals surface area contributed by atoms with E-state index in [0.29, 0.717) is 25.9 Å². The molecule has 0 saturated heterocycles. The van der Waals surface area contributed by atoms with Gasteiger partial charge >= 0.3 is 5.97 Å². The average Bonchev–Trinajstić information content (AvgIpc) is 3.25. The topological polar surface area (TPSA) is 95.9 Å². The second kappa shape index (κ2) is 50.2. The summed E-state index contributed by atoms with van der Waals surface area (Å²) in [4.78, 5) is 24.5. The van der Waals surface area contributed by atoms with Gasteiger partial charge in [-0.1, -0.05) is 244 Å². The number of esters is 1. The van der Waals surface area contributed by atoms with Crippen LogP contribution >= 0.6 is 0 Å². The molecule has 2 unspecified atom stereocenters. The fourth-order valence-corrected chi connectivity index (χ4v) is 8.40. The van der Waals surface area contributed by atoms with Crippen molar-refractivity contribution in [1.29, 1.82) is 0 Å². The van der Waals surface area contributed by atoms with Gasteiger partial charge in [0.2, 0.25) is 5.91 Å². The molecule has 6 heteroatoms. The normalized spacial score (nSPS) is 12.7. The van der Waals surface area contributed by atoms with E-state index < -0.39 is 12.1 Å². The summed E-state index contributed by atoms with van der Waals surface area (Å²) in [6.07, 6.45) is 57.5. The zero-order valence-corrected chi connectivity index (χ0v) is 40.5. The summed E-state index contributed by atoms with van der Waals surface area (Å²) < 4.78 is 5.46. The van der Waals surface area contributed by atoms with E-state index in [1.54, 1.807) is 0 Å². The second-order valence-electron chi connectivity index (χ2n) is 18.6. The molecular weight excluding hydrogens is 743 g/mol. The summed E-state index contributed by atoms with van der Waals surface area (Å²) in [5.41, 5.74) is 0. The standard InChI is InChI=1S/C54H105NO5/c1-3-5-7-9-11-13-15-17-22-26-30-34-38-42-46-52(57)51(50-56)55-53(58)47-43-39-35-31-27-23-20-19-21-25-29-33-37-41-45-49-60-54(59)48-44-40-36-32-28-24-18-16-14-12-10-8-6-4-2/h16,18,51-52,56-57H,3-15,17,19-50H2,1-2H3,(H,55,58)/b18-16-.